The molecular weight excluding hydrogens is 365 g/mol. The summed E-state index contributed by atoms with van der Waals surface area (Å²) in [6.45, 7) is 3.34. The molecular formula is C17H20FNO4S2. The van der Waals surface area contributed by atoms with Crippen LogP contribution in [0, 0.1) is 12.7 Å². The quantitative estimate of drug-likeness (QED) is 0.829. The molecule has 25 heavy (non-hydrogen) atoms. The average molecular weight is 385 g/mol. The summed E-state index contributed by atoms with van der Waals surface area (Å²) >= 11 is 0. The van der Waals surface area contributed by atoms with Crippen LogP contribution in [-0.4, -0.2) is 23.1 Å². The van der Waals surface area contributed by atoms with Crippen molar-refractivity contribution in [3.8, 4) is 0 Å². The van der Waals surface area contributed by atoms with Crippen LogP contribution in [0.3, 0.4) is 0 Å². The number of hydrogen-bond acceptors (Lipinski definition) is 4. The molecule has 0 aliphatic heterocycles. The average Bonchev–Trinajstić information content (AvgIpc) is 2.51. The van der Waals surface area contributed by atoms with E-state index >= 15 is 0 Å². The van der Waals surface area contributed by atoms with E-state index < -0.39 is 31.7 Å². The maximum absolute atomic E-state index is 13.2. The first-order valence-electron chi connectivity index (χ1n) is 7.63. The summed E-state index contributed by atoms with van der Waals surface area (Å²) in [7, 11) is -7.15. The molecule has 0 saturated heterocycles. The van der Waals surface area contributed by atoms with Gasteiger partial charge in [0.2, 0.25) is 10.0 Å². The fourth-order valence-electron chi connectivity index (χ4n) is 2.50. The monoisotopic (exact) mass is 385 g/mol. The Morgan fingerprint density at radius 1 is 1.04 bits per heavy atom. The Hall–Kier alpha value is -1.77. The lowest BCUT2D eigenvalue weighted by molar-refractivity contribution is 0.548. The number of sulfone groups is 1. The predicted octanol–water partition coefficient (Wildman–Crippen LogP) is 2.97. The molecule has 5 nitrogen and oxygen atoms in total. The van der Waals surface area contributed by atoms with Gasteiger partial charge in [-0.15, -0.1) is 0 Å². The molecule has 136 valence electrons. The van der Waals surface area contributed by atoms with E-state index in [0.29, 0.717) is 17.5 Å². The Balaban J connectivity index is 2.32. The van der Waals surface area contributed by atoms with E-state index in [0.717, 1.165) is 18.4 Å². The lowest BCUT2D eigenvalue weighted by Gasteiger charge is -2.19. The zero-order chi connectivity index (χ0) is 18.8. The molecule has 0 aromatic heterocycles. The van der Waals surface area contributed by atoms with E-state index in [4.69, 9.17) is 0 Å². The summed E-state index contributed by atoms with van der Waals surface area (Å²) in [4.78, 5) is 0.184. The van der Waals surface area contributed by atoms with Gasteiger partial charge in [0.25, 0.3) is 0 Å². The number of aryl methyl sites for hydroxylation is 1. The highest BCUT2D eigenvalue weighted by Gasteiger charge is 2.22. The minimum absolute atomic E-state index is 0.0140. The molecule has 0 aliphatic rings. The highest BCUT2D eigenvalue weighted by atomic mass is 32.2. The Labute approximate surface area is 147 Å². The van der Waals surface area contributed by atoms with Crippen LogP contribution in [0.2, 0.25) is 0 Å². The zero-order valence-electron chi connectivity index (χ0n) is 14.2. The summed E-state index contributed by atoms with van der Waals surface area (Å²) in [6, 6.07) is 9.04. The lowest BCUT2D eigenvalue weighted by atomic mass is 10.1. The second-order valence-corrected chi connectivity index (χ2v) is 9.53. The maximum atomic E-state index is 13.2. The highest BCUT2D eigenvalue weighted by Crippen LogP contribution is 2.23. The summed E-state index contributed by atoms with van der Waals surface area (Å²) < 4.78 is 64.0. The topological polar surface area (TPSA) is 80.3 Å². The van der Waals surface area contributed by atoms with Gasteiger partial charge in [-0.05, 0) is 54.8 Å². The van der Waals surface area contributed by atoms with Crippen LogP contribution >= 0.6 is 0 Å². The van der Waals surface area contributed by atoms with Gasteiger partial charge in [0.1, 0.15) is 5.82 Å². The smallest absolute Gasteiger partial charge is 0.224 e. The summed E-state index contributed by atoms with van der Waals surface area (Å²) in [6.07, 6.45) is 1.58. The number of rotatable bonds is 6. The molecule has 8 heteroatoms. The van der Waals surface area contributed by atoms with Crippen LogP contribution in [0.25, 0.3) is 0 Å². The minimum Gasteiger partial charge on any atom is -0.224 e. The molecule has 0 saturated carbocycles. The van der Waals surface area contributed by atoms with Crippen molar-refractivity contribution in [2.24, 2.45) is 0 Å². The molecule has 0 bridgehead atoms. The number of nitrogens with one attached hydrogen (secondary N) is 1. The lowest BCUT2D eigenvalue weighted by Crippen LogP contribution is -2.29. The summed E-state index contributed by atoms with van der Waals surface area (Å²) in [5.74, 6) is -0.500. The number of halogens is 1. The zero-order valence-corrected chi connectivity index (χ0v) is 15.8. The van der Waals surface area contributed by atoms with E-state index in [9.17, 15) is 21.2 Å². The van der Waals surface area contributed by atoms with Crippen molar-refractivity contribution in [3.05, 3.63) is 59.4 Å². The van der Waals surface area contributed by atoms with Crippen molar-refractivity contribution >= 4 is 19.9 Å². The summed E-state index contributed by atoms with van der Waals surface area (Å²) in [5.41, 5.74) is 0.966. The van der Waals surface area contributed by atoms with E-state index in [1.54, 1.807) is 12.1 Å². The van der Waals surface area contributed by atoms with Crippen molar-refractivity contribution in [2.45, 2.75) is 36.1 Å². The summed E-state index contributed by atoms with van der Waals surface area (Å²) in [5, 5.41) is 0. The standard InChI is InChI=1S/C17H20FNO4S2/c1-4-16(13-5-8-15(9-6-13)24(3,20)21)19-25(22,23)17-10-7-14(18)11-12(17)2/h5-11,16,19H,4H2,1-3H3/t16-/m0/s1. The van der Waals surface area contributed by atoms with E-state index in [1.165, 1.54) is 25.1 Å². The third-order valence-corrected chi connectivity index (χ3v) is 6.60. The highest BCUT2D eigenvalue weighted by molar-refractivity contribution is 7.90. The van der Waals surface area contributed by atoms with Crippen molar-refractivity contribution in [1.29, 1.82) is 0 Å². The molecule has 0 radical (unpaired) electrons. The van der Waals surface area contributed by atoms with Crippen LogP contribution < -0.4 is 4.72 Å². The van der Waals surface area contributed by atoms with Crippen molar-refractivity contribution < 1.29 is 21.2 Å². The molecule has 0 aliphatic carbocycles. The largest absolute Gasteiger partial charge is 0.241 e. The second-order valence-electron chi connectivity index (χ2n) is 5.83. The van der Waals surface area contributed by atoms with E-state index in [-0.39, 0.29) is 9.79 Å². The Bertz CT molecular complexity index is 968. The first kappa shape index (κ1) is 19.6. The fourth-order valence-corrected chi connectivity index (χ4v) is 4.66. The maximum Gasteiger partial charge on any atom is 0.241 e. The normalized spacial score (nSPS) is 13.6. The second kappa shape index (κ2) is 7.23. The Morgan fingerprint density at radius 2 is 1.64 bits per heavy atom. The number of benzene rings is 2. The van der Waals surface area contributed by atoms with Crippen LogP contribution in [0.1, 0.15) is 30.5 Å². The molecule has 0 heterocycles. The van der Waals surface area contributed by atoms with Crippen molar-refractivity contribution in [1.82, 2.24) is 4.72 Å². The van der Waals surface area contributed by atoms with Crippen molar-refractivity contribution in [3.63, 3.8) is 0 Å². The van der Waals surface area contributed by atoms with E-state index in [2.05, 4.69) is 4.72 Å². The van der Waals surface area contributed by atoms with Crippen LogP contribution in [0.5, 0.6) is 0 Å². The van der Waals surface area contributed by atoms with Crippen LogP contribution in [0.15, 0.2) is 52.3 Å². The molecule has 2 aromatic rings. The van der Waals surface area contributed by atoms with E-state index in [1.807, 2.05) is 6.92 Å². The van der Waals surface area contributed by atoms with Gasteiger partial charge in [0, 0.05) is 12.3 Å². The third-order valence-electron chi connectivity index (χ3n) is 3.84. The van der Waals surface area contributed by atoms with Gasteiger partial charge in [0.05, 0.1) is 9.79 Å². The minimum atomic E-state index is -3.84. The number of hydrogen-bond donors (Lipinski definition) is 1. The molecule has 1 atom stereocenters. The van der Waals surface area contributed by atoms with Gasteiger partial charge in [-0.1, -0.05) is 19.1 Å². The van der Waals surface area contributed by atoms with Gasteiger partial charge in [-0.25, -0.2) is 25.9 Å². The molecule has 2 rings (SSSR count). The van der Waals surface area contributed by atoms with Gasteiger partial charge in [-0.3, -0.25) is 0 Å². The first-order valence-corrected chi connectivity index (χ1v) is 11.0. The Kier molecular flexibility index (Phi) is 5.65. The van der Waals surface area contributed by atoms with Gasteiger partial charge in [-0.2, -0.15) is 0 Å². The molecule has 0 unspecified atom stereocenters. The van der Waals surface area contributed by atoms with Gasteiger partial charge >= 0.3 is 0 Å². The predicted molar refractivity (Wildman–Crippen MR) is 94.0 cm³/mol. The Morgan fingerprint density at radius 3 is 2.12 bits per heavy atom. The van der Waals surface area contributed by atoms with Crippen LogP contribution in [-0.2, 0) is 19.9 Å². The fraction of sp³-hybridized carbons (Fsp3) is 0.294. The molecule has 0 amide bonds. The molecule has 2 aromatic carbocycles. The molecule has 0 fully saturated rings. The molecule has 0 spiro atoms. The van der Waals surface area contributed by atoms with Gasteiger partial charge in [0.15, 0.2) is 9.84 Å². The molecule has 1 N–H and O–H groups in total. The van der Waals surface area contributed by atoms with Crippen LogP contribution in [0.4, 0.5) is 4.39 Å². The number of sulfonamides is 1. The van der Waals surface area contributed by atoms with Crippen molar-refractivity contribution in [2.75, 3.05) is 6.26 Å². The SMILES string of the molecule is CC[C@H](NS(=O)(=O)c1ccc(F)cc1C)c1ccc(S(C)(=O)=O)cc1. The third kappa shape index (κ3) is 4.65. The van der Waals surface area contributed by atoms with Gasteiger partial charge < -0.3 is 0 Å². The first-order chi connectivity index (χ1) is 11.5.